The highest BCUT2D eigenvalue weighted by molar-refractivity contribution is 7.16. The topological polar surface area (TPSA) is 75.9 Å². The van der Waals surface area contributed by atoms with Crippen LogP contribution < -0.4 is 16.6 Å². The second-order valence-electron chi connectivity index (χ2n) is 4.25. The lowest BCUT2D eigenvalue weighted by Crippen LogP contribution is -2.11. The van der Waals surface area contributed by atoms with Gasteiger partial charge in [-0.25, -0.2) is 10.8 Å². The molecule has 0 aliphatic heterocycles. The molecule has 0 saturated carbocycles. The molecule has 0 aliphatic carbocycles. The Hall–Kier alpha value is -1.70. The van der Waals surface area contributed by atoms with Crippen LogP contribution in [0.1, 0.15) is 16.7 Å². The summed E-state index contributed by atoms with van der Waals surface area (Å²) in [5.74, 6) is 6.66. The predicted molar refractivity (Wildman–Crippen MR) is 86.2 cm³/mol. The van der Waals surface area contributed by atoms with Crippen molar-refractivity contribution in [3.63, 3.8) is 0 Å². The van der Waals surface area contributed by atoms with Crippen LogP contribution in [0.15, 0.2) is 23.6 Å². The van der Waals surface area contributed by atoms with E-state index >= 15 is 0 Å². The first-order valence-electron chi connectivity index (χ1n) is 6.33. The van der Waals surface area contributed by atoms with Crippen LogP contribution in [0, 0.1) is 0 Å². The van der Waals surface area contributed by atoms with Crippen molar-refractivity contribution in [2.75, 3.05) is 10.7 Å². The van der Waals surface area contributed by atoms with Gasteiger partial charge in [0.05, 0.1) is 11.9 Å². The number of hydrazine groups is 1. The molecule has 7 heteroatoms. The summed E-state index contributed by atoms with van der Waals surface area (Å²) in [5.41, 5.74) is 2.51. The molecule has 0 aromatic carbocycles. The first kappa shape index (κ1) is 13.3. The molecule has 0 bridgehead atoms. The molecule has 0 spiro atoms. The van der Waals surface area contributed by atoms with Crippen molar-refractivity contribution in [1.29, 1.82) is 0 Å². The van der Waals surface area contributed by atoms with Crippen molar-refractivity contribution < 1.29 is 0 Å². The van der Waals surface area contributed by atoms with Gasteiger partial charge >= 0.3 is 0 Å². The summed E-state index contributed by atoms with van der Waals surface area (Å²) in [6.45, 7) is 2.93. The van der Waals surface area contributed by atoms with Crippen molar-refractivity contribution >= 4 is 44.7 Å². The van der Waals surface area contributed by atoms with E-state index in [1.807, 2.05) is 22.8 Å². The smallest absolute Gasteiger partial charge is 0.240 e. The summed E-state index contributed by atoms with van der Waals surface area (Å²) in [5, 5.41) is 6.41. The molecule has 0 fully saturated rings. The molecule has 5 nitrogen and oxygen atoms in total. The standard InChI is InChI=1S/C13H15N5S2/c1-2-8-3-4-9(20-8)7-15-11-10-5-6-19-12(10)17-13(16-11)18-14/h3-6H,2,7,14H2,1H3,(H2,15,16,17,18). The first-order valence-corrected chi connectivity index (χ1v) is 8.03. The van der Waals surface area contributed by atoms with E-state index in [1.54, 1.807) is 11.3 Å². The van der Waals surface area contributed by atoms with Crippen LogP contribution in [0.2, 0.25) is 0 Å². The zero-order valence-corrected chi connectivity index (χ0v) is 12.6. The number of nitrogens with zero attached hydrogens (tertiary/aromatic N) is 2. The average Bonchev–Trinajstić information content (AvgIpc) is 3.12. The maximum absolute atomic E-state index is 5.41. The average molecular weight is 305 g/mol. The van der Waals surface area contributed by atoms with Gasteiger partial charge in [-0.3, -0.25) is 5.43 Å². The zero-order chi connectivity index (χ0) is 13.9. The van der Waals surface area contributed by atoms with Crippen LogP contribution in [-0.2, 0) is 13.0 Å². The zero-order valence-electron chi connectivity index (χ0n) is 11.0. The molecule has 0 atom stereocenters. The summed E-state index contributed by atoms with van der Waals surface area (Å²) < 4.78 is 0. The van der Waals surface area contributed by atoms with E-state index in [1.165, 1.54) is 9.75 Å². The van der Waals surface area contributed by atoms with E-state index < -0.39 is 0 Å². The van der Waals surface area contributed by atoms with Crippen LogP contribution in [0.25, 0.3) is 10.2 Å². The Bertz CT molecular complexity index is 718. The number of fused-ring (bicyclic) bond motifs is 1. The third kappa shape index (κ3) is 2.60. The number of aryl methyl sites for hydroxylation is 1. The van der Waals surface area contributed by atoms with Crippen LogP contribution in [0.4, 0.5) is 11.8 Å². The molecule has 20 heavy (non-hydrogen) atoms. The van der Waals surface area contributed by atoms with E-state index in [-0.39, 0.29) is 0 Å². The van der Waals surface area contributed by atoms with Crippen molar-refractivity contribution in [2.45, 2.75) is 19.9 Å². The summed E-state index contributed by atoms with van der Waals surface area (Å²) in [6.07, 6.45) is 1.08. The minimum atomic E-state index is 0.433. The summed E-state index contributed by atoms with van der Waals surface area (Å²) >= 11 is 3.40. The normalized spacial score (nSPS) is 10.9. The monoisotopic (exact) mass is 305 g/mol. The summed E-state index contributed by atoms with van der Waals surface area (Å²) in [7, 11) is 0. The first-order chi connectivity index (χ1) is 9.80. The molecule has 0 aliphatic rings. The fraction of sp³-hybridized carbons (Fsp3) is 0.231. The summed E-state index contributed by atoms with van der Waals surface area (Å²) in [6, 6.07) is 6.35. The Labute approximate surface area is 124 Å². The number of hydrogen-bond acceptors (Lipinski definition) is 7. The predicted octanol–water partition coefficient (Wildman–Crippen LogP) is 3.21. The molecule has 0 saturated heterocycles. The fourth-order valence-corrected chi connectivity index (χ4v) is 3.59. The van der Waals surface area contributed by atoms with Gasteiger partial charge in [0.2, 0.25) is 5.95 Å². The van der Waals surface area contributed by atoms with Crippen LogP contribution in [-0.4, -0.2) is 9.97 Å². The number of nitrogen functional groups attached to an aromatic ring is 1. The Morgan fingerprint density at radius 3 is 2.80 bits per heavy atom. The highest BCUT2D eigenvalue weighted by atomic mass is 32.1. The summed E-state index contributed by atoms with van der Waals surface area (Å²) in [4.78, 5) is 12.3. The molecule has 0 radical (unpaired) electrons. The number of nitrogens with two attached hydrogens (primary N) is 1. The van der Waals surface area contributed by atoms with E-state index in [4.69, 9.17) is 5.84 Å². The highest BCUT2D eigenvalue weighted by Gasteiger charge is 2.08. The molecule has 0 amide bonds. The lowest BCUT2D eigenvalue weighted by atomic mass is 10.3. The van der Waals surface area contributed by atoms with Crippen molar-refractivity contribution in [3.8, 4) is 0 Å². The Kier molecular flexibility index (Phi) is 3.81. The van der Waals surface area contributed by atoms with E-state index in [9.17, 15) is 0 Å². The van der Waals surface area contributed by atoms with Gasteiger partial charge in [-0.2, -0.15) is 4.98 Å². The van der Waals surface area contributed by atoms with Crippen LogP contribution in [0.3, 0.4) is 0 Å². The van der Waals surface area contributed by atoms with Crippen molar-refractivity contribution in [1.82, 2.24) is 9.97 Å². The molecule has 104 valence electrons. The lowest BCUT2D eigenvalue weighted by Gasteiger charge is -2.07. The van der Waals surface area contributed by atoms with Gasteiger partial charge in [-0.1, -0.05) is 6.92 Å². The number of rotatable bonds is 5. The van der Waals surface area contributed by atoms with Gasteiger partial charge < -0.3 is 5.32 Å². The number of aromatic nitrogens is 2. The maximum atomic E-state index is 5.41. The van der Waals surface area contributed by atoms with E-state index in [0.29, 0.717) is 5.95 Å². The Morgan fingerprint density at radius 1 is 1.20 bits per heavy atom. The molecular formula is C13H15N5S2. The van der Waals surface area contributed by atoms with E-state index in [0.717, 1.165) is 29.0 Å². The quantitative estimate of drug-likeness (QED) is 0.498. The Morgan fingerprint density at radius 2 is 2.05 bits per heavy atom. The molecule has 4 N–H and O–H groups in total. The van der Waals surface area contributed by atoms with E-state index in [2.05, 4.69) is 39.8 Å². The van der Waals surface area contributed by atoms with Gasteiger partial charge in [0.1, 0.15) is 10.6 Å². The molecular weight excluding hydrogens is 290 g/mol. The fourth-order valence-electron chi connectivity index (χ4n) is 1.93. The molecule has 3 aromatic heterocycles. The number of hydrogen-bond donors (Lipinski definition) is 3. The van der Waals surface area contributed by atoms with Crippen LogP contribution in [0.5, 0.6) is 0 Å². The largest absolute Gasteiger partial charge is 0.364 e. The maximum Gasteiger partial charge on any atom is 0.240 e. The number of nitrogens with one attached hydrogen (secondary N) is 2. The second kappa shape index (κ2) is 5.74. The van der Waals surface area contributed by atoms with Gasteiger partial charge in [-0.05, 0) is 30.0 Å². The van der Waals surface area contributed by atoms with Gasteiger partial charge in [0.25, 0.3) is 0 Å². The van der Waals surface area contributed by atoms with Crippen LogP contribution >= 0.6 is 22.7 Å². The van der Waals surface area contributed by atoms with Gasteiger partial charge in [-0.15, -0.1) is 22.7 Å². The molecule has 3 heterocycles. The Balaban J connectivity index is 1.84. The van der Waals surface area contributed by atoms with Crippen molar-refractivity contribution in [3.05, 3.63) is 33.3 Å². The second-order valence-corrected chi connectivity index (χ2v) is 6.40. The highest BCUT2D eigenvalue weighted by Crippen LogP contribution is 2.27. The lowest BCUT2D eigenvalue weighted by molar-refractivity contribution is 1.11. The third-order valence-corrected chi connectivity index (χ3v) is 4.99. The number of anilines is 2. The number of thiophene rings is 2. The minimum Gasteiger partial charge on any atom is -0.364 e. The molecule has 3 aromatic rings. The minimum absolute atomic E-state index is 0.433. The van der Waals surface area contributed by atoms with Crippen molar-refractivity contribution in [2.24, 2.45) is 5.84 Å². The van der Waals surface area contributed by atoms with Gasteiger partial charge in [0.15, 0.2) is 0 Å². The van der Waals surface area contributed by atoms with Gasteiger partial charge in [0, 0.05) is 9.75 Å². The SMILES string of the molecule is CCc1ccc(CNc2nc(NN)nc3sccc23)s1. The molecule has 0 unspecified atom stereocenters. The molecule has 3 rings (SSSR count). The third-order valence-electron chi connectivity index (χ3n) is 2.95.